The van der Waals surface area contributed by atoms with Crippen molar-refractivity contribution in [2.45, 2.75) is 32.9 Å². The molecule has 0 aliphatic rings. The van der Waals surface area contributed by atoms with Crippen molar-refractivity contribution in [2.75, 3.05) is 0 Å². The quantitative estimate of drug-likeness (QED) is 0.817. The van der Waals surface area contributed by atoms with Crippen LogP contribution in [0.3, 0.4) is 0 Å². The van der Waals surface area contributed by atoms with E-state index in [1.54, 1.807) is 11.3 Å². The van der Waals surface area contributed by atoms with E-state index in [4.69, 9.17) is 23.8 Å². The highest BCUT2D eigenvalue weighted by Crippen LogP contribution is 2.26. The van der Waals surface area contributed by atoms with Gasteiger partial charge < -0.3 is 10.6 Å². The molecule has 0 aliphatic heterocycles. The average molecular weight is 263 g/mol. The van der Waals surface area contributed by atoms with Gasteiger partial charge in [0, 0.05) is 10.9 Å². The van der Waals surface area contributed by atoms with Gasteiger partial charge in [0.15, 0.2) is 5.11 Å². The first-order chi connectivity index (χ1) is 6.99. The third kappa shape index (κ3) is 4.36. The van der Waals surface area contributed by atoms with E-state index < -0.39 is 0 Å². The number of halogens is 1. The molecule has 15 heavy (non-hydrogen) atoms. The van der Waals surface area contributed by atoms with Crippen LogP contribution in [-0.2, 0) is 0 Å². The zero-order valence-electron chi connectivity index (χ0n) is 9.00. The van der Waals surface area contributed by atoms with E-state index in [2.05, 4.69) is 31.4 Å². The van der Waals surface area contributed by atoms with Gasteiger partial charge in [-0.1, -0.05) is 11.6 Å². The fraction of sp³-hybridized carbons (Fsp3) is 0.500. The van der Waals surface area contributed by atoms with Crippen LogP contribution in [0.25, 0.3) is 0 Å². The topological polar surface area (TPSA) is 24.1 Å². The minimum Gasteiger partial charge on any atom is -0.361 e. The van der Waals surface area contributed by atoms with Crippen LogP contribution < -0.4 is 10.6 Å². The Morgan fingerprint density at radius 2 is 2.00 bits per heavy atom. The molecule has 2 N–H and O–H groups in total. The first-order valence-electron chi connectivity index (χ1n) is 4.81. The predicted octanol–water partition coefficient (Wildman–Crippen LogP) is 3.34. The third-order valence-electron chi connectivity index (χ3n) is 1.79. The standard InChI is InChI=1S/C10H15ClN2S2/c1-6(2)12-10(14)13-7(3)8-4-5-9(11)15-8/h4-7H,1-3H3,(H2,12,13,14). The van der Waals surface area contributed by atoms with Crippen LogP contribution in [0.1, 0.15) is 31.7 Å². The summed E-state index contributed by atoms with van der Waals surface area (Å²) in [6, 6.07) is 4.46. The van der Waals surface area contributed by atoms with E-state index in [9.17, 15) is 0 Å². The highest BCUT2D eigenvalue weighted by atomic mass is 35.5. The lowest BCUT2D eigenvalue weighted by molar-refractivity contribution is 0.670. The summed E-state index contributed by atoms with van der Waals surface area (Å²) in [5.41, 5.74) is 0. The van der Waals surface area contributed by atoms with Gasteiger partial charge in [0.2, 0.25) is 0 Å². The van der Waals surface area contributed by atoms with Gasteiger partial charge in [-0.15, -0.1) is 11.3 Å². The van der Waals surface area contributed by atoms with Gasteiger partial charge in [0.1, 0.15) is 0 Å². The Kier molecular flexibility index (Phi) is 4.83. The number of rotatable bonds is 3. The SMILES string of the molecule is CC(C)NC(=S)NC(C)c1ccc(Cl)s1. The van der Waals surface area contributed by atoms with Crippen LogP contribution >= 0.6 is 35.2 Å². The number of thiocarbonyl (C=S) groups is 1. The monoisotopic (exact) mass is 262 g/mol. The second-order valence-corrected chi connectivity index (χ2v) is 5.79. The molecule has 0 aromatic carbocycles. The van der Waals surface area contributed by atoms with Crippen LogP contribution in [0, 0.1) is 0 Å². The van der Waals surface area contributed by atoms with E-state index >= 15 is 0 Å². The molecule has 0 saturated carbocycles. The van der Waals surface area contributed by atoms with E-state index in [1.165, 1.54) is 4.88 Å². The molecule has 84 valence electrons. The fourth-order valence-electron chi connectivity index (χ4n) is 1.13. The molecule has 0 radical (unpaired) electrons. The van der Waals surface area contributed by atoms with Crippen molar-refractivity contribution in [2.24, 2.45) is 0 Å². The lowest BCUT2D eigenvalue weighted by Crippen LogP contribution is -2.40. The van der Waals surface area contributed by atoms with Gasteiger partial charge in [-0.2, -0.15) is 0 Å². The molecule has 5 heteroatoms. The van der Waals surface area contributed by atoms with E-state index in [1.807, 2.05) is 12.1 Å². The molecule has 1 atom stereocenters. The second-order valence-electron chi connectivity index (χ2n) is 3.64. The largest absolute Gasteiger partial charge is 0.361 e. The maximum Gasteiger partial charge on any atom is 0.166 e. The second kappa shape index (κ2) is 5.68. The number of thiophene rings is 1. The van der Waals surface area contributed by atoms with Crippen LogP contribution in [0.2, 0.25) is 4.34 Å². The Morgan fingerprint density at radius 3 is 2.47 bits per heavy atom. The molecular formula is C10H15ClN2S2. The number of nitrogens with one attached hydrogen (secondary N) is 2. The van der Waals surface area contributed by atoms with E-state index in [-0.39, 0.29) is 6.04 Å². The molecule has 0 saturated heterocycles. The van der Waals surface area contributed by atoms with Gasteiger partial charge in [0.05, 0.1) is 10.4 Å². The molecule has 1 unspecified atom stereocenters. The number of hydrogen-bond donors (Lipinski definition) is 2. The molecule has 0 fully saturated rings. The van der Waals surface area contributed by atoms with Crippen molar-refractivity contribution >= 4 is 40.3 Å². The normalized spacial score (nSPS) is 12.6. The Bertz CT molecular complexity index is 336. The van der Waals surface area contributed by atoms with E-state index in [0.717, 1.165) is 4.34 Å². The van der Waals surface area contributed by atoms with Gasteiger partial charge >= 0.3 is 0 Å². The smallest absolute Gasteiger partial charge is 0.166 e. The van der Waals surface area contributed by atoms with Gasteiger partial charge in [-0.25, -0.2) is 0 Å². The maximum absolute atomic E-state index is 5.87. The maximum atomic E-state index is 5.87. The molecule has 2 nitrogen and oxygen atoms in total. The Balaban J connectivity index is 2.48. The fourth-order valence-corrected chi connectivity index (χ4v) is 2.61. The minimum absolute atomic E-state index is 0.196. The zero-order chi connectivity index (χ0) is 11.4. The summed E-state index contributed by atoms with van der Waals surface area (Å²) in [7, 11) is 0. The van der Waals surface area contributed by atoms with Crippen molar-refractivity contribution in [3.63, 3.8) is 0 Å². The summed E-state index contributed by atoms with van der Waals surface area (Å²) < 4.78 is 0.807. The average Bonchev–Trinajstić information content (AvgIpc) is 2.49. The van der Waals surface area contributed by atoms with Gasteiger partial charge in [-0.05, 0) is 45.1 Å². The van der Waals surface area contributed by atoms with Gasteiger partial charge in [-0.3, -0.25) is 0 Å². The van der Waals surface area contributed by atoms with E-state index in [0.29, 0.717) is 11.2 Å². The lowest BCUT2D eigenvalue weighted by Gasteiger charge is -2.17. The third-order valence-corrected chi connectivity index (χ3v) is 3.44. The summed E-state index contributed by atoms with van der Waals surface area (Å²) in [6.07, 6.45) is 0. The Hall–Kier alpha value is -0.320. The summed E-state index contributed by atoms with van der Waals surface area (Å²) >= 11 is 12.6. The molecule has 1 aromatic heterocycles. The summed E-state index contributed by atoms with van der Waals surface area (Å²) in [5.74, 6) is 0. The van der Waals surface area contributed by atoms with Crippen LogP contribution in [0.5, 0.6) is 0 Å². The van der Waals surface area contributed by atoms with Crippen molar-refractivity contribution in [3.05, 3.63) is 21.3 Å². The summed E-state index contributed by atoms with van der Waals surface area (Å²) in [6.45, 7) is 6.18. The summed E-state index contributed by atoms with van der Waals surface area (Å²) in [4.78, 5) is 1.19. The first-order valence-corrected chi connectivity index (χ1v) is 6.41. The Morgan fingerprint density at radius 1 is 1.33 bits per heavy atom. The molecule has 1 heterocycles. The van der Waals surface area contributed by atoms with Crippen molar-refractivity contribution in [1.82, 2.24) is 10.6 Å². The molecule has 0 bridgehead atoms. The first kappa shape index (κ1) is 12.7. The highest BCUT2D eigenvalue weighted by Gasteiger charge is 2.09. The molecule has 1 aromatic rings. The molecule has 1 rings (SSSR count). The molecule has 0 aliphatic carbocycles. The van der Waals surface area contributed by atoms with Crippen molar-refractivity contribution in [1.29, 1.82) is 0 Å². The molecule has 0 spiro atoms. The number of hydrogen-bond acceptors (Lipinski definition) is 2. The predicted molar refractivity (Wildman–Crippen MR) is 71.7 cm³/mol. The lowest BCUT2D eigenvalue weighted by atomic mass is 10.3. The van der Waals surface area contributed by atoms with Crippen molar-refractivity contribution in [3.8, 4) is 0 Å². The Labute approximate surface area is 105 Å². The van der Waals surface area contributed by atoms with Crippen LogP contribution in [-0.4, -0.2) is 11.2 Å². The van der Waals surface area contributed by atoms with Crippen molar-refractivity contribution < 1.29 is 0 Å². The van der Waals surface area contributed by atoms with Crippen LogP contribution in [0.4, 0.5) is 0 Å². The highest BCUT2D eigenvalue weighted by molar-refractivity contribution is 7.80. The molecule has 0 amide bonds. The summed E-state index contributed by atoms with van der Waals surface area (Å²) in [5, 5.41) is 7.04. The minimum atomic E-state index is 0.196. The molecular weight excluding hydrogens is 248 g/mol. The van der Waals surface area contributed by atoms with Gasteiger partial charge in [0.25, 0.3) is 0 Å². The zero-order valence-corrected chi connectivity index (χ0v) is 11.4. The van der Waals surface area contributed by atoms with Crippen LogP contribution in [0.15, 0.2) is 12.1 Å².